The zero-order valence-electron chi connectivity index (χ0n) is 16.2. The minimum Gasteiger partial charge on any atom is -0.488 e. The zero-order chi connectivity index (χ0) is 21.1. The number of rotatable bonds is 5. The quantitative estimate of drug-likeness (QED) is 0.435. The Kier molecular flexibility index (Phi) is 5.88. The summed E-state index contributed by atoms with van der Waals surface area (Å²) in [6.45, 7) is 2.18. The average Bonchev–Trinajstić information content (AvgIpc) is 3.03. The minimum absolute atomic E-state index is 0.192. The number of para-hydroxylation sites is 1. The lowest BCUT2D eigenvalue weighted by Crippen LogP contribution is -2.21. The lowest BCUT2D eigenvalue weighted by molar-refractivity contribution is -0.114. The molecule has 30 heavy (non-hydrogen) atoms. The van der Waals surface area contributed by atoms with Gasteiger partial charge in [-0.3, -0.25) is 4.79 Å². The fourth-order valence-corrected chi connectivity index (χ4v) is 3.40. The van der Waals surface area contributed by atoms with Crippen LogP contribution in [0.15, 0.2) is 83.5 Å². The molecule has 6 heteroatoms. The highest BCUT2D eigenvalue weighted by atomic mass is 35.5. The normalized spacial score (nSPS) is 14.9. The van der Waals surface area contributed by atoms with Gasteiger partial charge in [0.15, 0.2) is 0 Å². The summed E-state index contributed by atoms with van der Waals surface area (Å²) in [5.74, 6) is 0.433. The van der Waals surface area contributed by atoms with Crippen molar-refractivity contribution >= 4 is 46.6 Å². The number of hydrogen-bond donors (Lipinski definition) is 0. The number of carbonyl (C=O) groups excluding carboxylic acids is 1. The second kappa shape index (κ2) is 8.74. The van der Waals surface area contributed by atoms with Gasteiger partial charge >= 0.3 is 0 Å². The van der Waals surface area contributed by atoms with Crippen LogP contribution in [-0.4, -0.2) is 11.6 Å². The summed E-state index contributed by atoms with van der Waals surface area (Å²) in [5, 5.41) is 7.05. The number of benzene rings is 3. The van der Waals surface area contributed by atoms with Crippen molar-refractivity contribution in [3.8, 4) is 5.75 Å². The molecule has 0 saturated carbocycles. The van der Waals surface area contributed by atoms with Crippen LogP contribution in [-0.2, 0) is 11.4 Å². The van der Waals surface area contributed by atoms with Gasteiger partial charge in [-0.05, 0) is 61.0 Å². The Morgan fingerprint density at radius 3 is 2.40 bits per heavy atom. The largest absolute Gasteiger partial charge is 0.488 e. The smallest absolute Gasteiger partial charge is 0.280 e. The van der Waals surface area contributed by atoms with Crippen LogP contribution in [0.1, 0.15) is 18.1 Å². The van der Waals surface area contributed by atoms with Crippen LogP contribution in [0.3, 0.4) is 0 Å². The summed E-state index contributed by atoms with van der Waals surface area (Å²) in [6.07, 6.45) is 1.77. The van der Waals surface area contributed by atoms with Crippen LogP contribution in [0.2, 0.25) is 10.0 Å². The number of hydrogen-bond acceptors (Lipinski definition) is 3. The summed E-state index contributed by atoms with van der Waals surface area (Å²) in [7, 11) is 0. The lowest BCUT2D eigenvalue weighted by Gasteiger charge is -2.12. The molecule has 0 atom stereocenters. The molecule has 0 radical (unpaired) electrons. The molecule has 1 aliphatic rings. The van der Waals surface area contributed by atoms with Crippen LogP contribution in [0.4, 0.5) is 5.69 Å². The van der Waals surface area contributed by atoms with Crippen molar-refractivity contribution in [2.75, 3.05) is 5.01 Å². The van der Waals surface area contributed by atoms with Gasteiger partial charge in [0, 0.05) is 15.6 Å². The van der Waals surface area contributed by atoms with E-state index in [0.29, 0.717) is 39.2 Å². The number of amides is 1. The summed E-state index contributed by atoms with van der Waals surface area (Å²) in [4.78, 5) is 13.0. The van der Waals surface area contributed by atoms with Gasteiger partial charge in [0.2, 0.25) is 0 Å². The first kappa shape index (κ1) is 20.2. The highest BCUT2D eigenvalue weighted by Crippen LogP contribution is 2.30. The van der Waals surface area contributed by atoms with Gasteiger partial charge < -0.3 is 4.74 Å². The standard InChI is InChI=1S/C24H18Cl2N2O2/c1-16-22(24(29)28(27-16)21-5-3-2-4-6-21)14-18-13-20(26)11-12-23(18)30-15-17-7-9-19(25)10-8-17/h2-14H,15H2,1H3/b22-14+. The van der Waals surface area contributed by atoms with Crippen LogP contribution in [0.25, 0.3) is 6.08 Å². The molecule has 1 heterocycles. The van der Waals surface area contributed by atoms with E-state index in [0.717, 1.165) is 11.3 Å². The highest BCUT2D eigenvalue weighted by Gasteiger charge is 2.28. The Balaban J connectivity index is 1.61. The topological polar surface area (TPSA) is 41.9 Å². The fraction of sp³-hybridized carbons (Fsp3) is 0.0833. The number of halogens is 2. The number of carbonyl (C=O) groups is 1. The van der Waals surface area contributed by atoms with Gasteiger partial charge in [0.05, 0.1) is 17.0 Å². The van der Waals surface area contributed by atoms with Gasteiger partial charge in [-0.15, -0.1) is 0 Å². The summed E-state index contributed by atoms with van der Waals surface area (Å²) < 4.78 is 6.00. The molecule has 0 bridgehead atoms. The second-order valence-electron chi connectivity index (χ2n) is 6.79. The van der Waals surface area contributed by atoms with Crippen molar-refractivity contribution in [2.45, 2.75) is 13.5 Å². The first-order valence-electron chi connectivity index (χ1n) is 9.35. The van der Waals surface area contributed by atoms with E-state index in [9.17, 15) is 4.79 Å². The van der Waals surface area contributed by atoms with Crippen molar-refractivity contribution in [1.82, 2.24) is 0 Å². The van der Waals surface area contributed by atoms with E-state index in [1.54, 1.807) is 24.3 Å². The first-order valence-corrected chi connectivity index (χ1v) is 10.1. The third-order valence-corrected chi connectivity index (χ3v) is 5.13. The summed E-state index contributed by atoms with van der Waals surface area (Å²) in [6, 6.07) is 22.1. The predicted molar refractivity (Wildman–Crippen MR) is 122 cm³/mol. The molecule has 0 aliphatic carbocycles. The molecule has 4 rings (SSSR count). The number of hydrazone groups is 1. The molecule has 4 nitrogen and oxygen atoms in total. The van der Waals surface area contributed by atoms with E-state index in [1.165, 1.54) is 5.01 Å². The molecule has 0 N–H and O–H groups in total. The van der Waals surface area contributed by atoms with Gasteiger partial charge in [0.1, 0.15) is 12.4 Å². The maximum absolute atomic E-state index is 13.0. The SMILES string of the molecule is CC1=NN(c2ccccc2)C(=O)/C1=C/c1cc(Cl)ccc1OCc1ccc(Cl)cc1. The first-order chi connectivity index (χ1) is 14.5. The highest BCUT2D eigenvalue weighted by molar-refractivity contribution is 6.33. The van der Waals surface area contributed by atoms with Crippen LogP contribution in [0.5, 0.6) is 5.75 Å². The molecule has 0 saturated heterocycles. The van der Waals surface area contributed by atoms with Crippen molar-refractivity contribution in [3.63, 3.8) is 0 Å². The number of anilines is 1. The Bertz CT molecular complexity index is 1140. The maximum Gasteiger partial charge on any atom is 0.280 e. The minimum atomic E-state index is -0.192. The Hall–Kier alpha value is -3.08. The molecule has 150 valence electrons. The Morgan fingerprint density at radius 1 is 0.967 bits per heavy atom. The van der Waals surface area contributed by atoms with Crippen molar-refractivity contribution in [2.24, 2.45) is 5.10 Å². The molecular formula is C24H18Cl2N2O2. The monoisotopic (exact) mass is 436 g/mol. The van der Waals surface area contributed by atoms with E-state index in [4.69, 9.17) is 27.9 Å². The van der Waals surface area contributed by atoms with E-state index >= 15 is 0 Å². The predicted octanol–water partition coefficient (Wildman–Crippen LogP) is 6.38. The van der Waals surface area contributed by atoms with Crippen LogP contribution < -0.4 is 9.75 Å². The third kappa shape index (κ3) is 4.40. The molecule has 0 aromatic heterocycles. The van der Waals surface area contributed by atoms with Gasteiger partial charge in [-0.2, -0.15) is 10.1 Å². The second-order valence-corrected chi connectivity index (χ2v) is 7.67. The number of ether oxygens (including phenoxy) is 1. The van der Waals surface area contributed by atoms with Crippen molar-refractivity contribution in [3.05, 3.63) is 99.5 Å². The fourth-order valence-electron chi connectivity index (χ4n) is 3.09. The van der Waals surface area contributed by atoms with Crippen LogP contribution >= 0.6 is 23.2 Å². The molecule has 1 aliphatic heterocycles. The Labute approximate surface area is 185 Å². The molecular weight excluding hydrogens is 419 g/mol. The van der Waals surface area contributed by atoms with Gasteiger partial charge in [0.25, 0.3) is 5.91 Å². The molecule has 0 unspecified atom stereocenters. The van der Waals surface area contributed by atoms with E-state index < -0.39 is 0 Å². The number of nitrogens with zero attached hydrogens (tertiary/aromatic N) is 2. The lowest BCUT2D eigenvalue weighted by atomic mass is 10.1. The average molecular weight is 437 g/mol. The summed E-state index contributed by atoms with van der Waals surface area (Å²) >= 11 is 12.1. The Morgan fingerprint density at radius 2 is 1.67 bits per heavy atom. The van der Waals surface area contributed by atoms with Gasteiger partial charge in [-0.1, -0.05) is 53.5 Å². The van der Waals surface area contributed by atoms with Crippen molar-refractivity contribution in [1.29, 1.82) is 0 Å². The van der Waals surface area contributed by atoms with Gasteiger partial charge in [-0.25, -0.2) is 0 Å². The van der Waals surface area contributed by atoms with E-state index in [1.807, 2.05) is 61.5 Å². The third-order valence-electron chi connectivity index (χ3n) is 4.64. The zero-order valence-corrected chi connectivity index (χ0v) is 17.7. The molecule has 1 amide bonds. The van der Waals surface area contributed by atoms with E-state index in [-0.39, 0.29) is 5.91 Å². The molecule has 0 fully saturated rings. The van der Waals surface area contributed by atoms with Crippen LogP contribution in [0, 0.1) is 0 Å². The van der Waals surface area contributed by atoms with E-state index in [2.05, 4.69) is 5.10 Å². The summed E-state index contributed by atoms with van der Waals surface area (Å²) in [5.41, 5.74) is 3.54. The van der Waals surface area contributed by atoms with Crippen molar-refractivity contribution < 1.29 is 9.53 Å². The molecule has 0 spiro atoms. The maximum atomic E-state index is 13.0. The molecule has 3 aromatic carbocycles. The molecule has 3 aromatic rings.